The summed E-state index contributed by atoms with van der Waals surface area (Å²) in [6, 6.07) is 54.4. The third kappa shape index (κ3) is 7.33. The zero-order valence-electron chi connectivity index (χ0n) is 29.6. The van der Waals surface area contributed by atoms with Crippen LogP contribution in [0.4, 0.5) is 0 Å². The van der Waals surface area contributed by atoms with Crippen LogP contribution in [-0.4, -0.2) is 47.3 Å². The standard InChI is InChI=1S/C44H47N3O3P/c1-43(48-2)38(31-44(35-50-43,36-19-8-3-9-20-36)37-21-10-4-11-22-37)33-49-34-39-32-47(46-45-39)29-18-30-51(40-23-12-5-13-24-40,41-25-14-6-15-26-41)42-27-16-7-17-28-42/h3-17,19-28,32,38H,18,29-31,33-35H2,1-2H3/q+1/t38-,43-/m1/s1. The fourth-order valence-corrected chi connectivity index (χ4v) is 12.1. The Kier molecular flexibility index (Phi) is 10.9. The molecule has 0 spiro atoms. The molecule has 0 unspecified atom stereocenters. The molecule has 2 atom stereocenters. The van der Waals surface area contributed by atoms with Crippen molar-refractivity contribution in [2.75, 3.05) is 26.5 Å². The van der Waals surface area contributed by atoms with Crippen LogP contribution in [0.3, 0.4) is 0 Å². The molecule has 5 aromatic carbocycles. The predicted octanol–water partition coefficient (Wildman–Crippen LogP) is 7.56. The van der Waals surface area contributed by atoms with Crippen LogP contribution in [0.1, 0.15) is 36.6 Å². The van der Waals surface area contributed by atoms with E-state index in [1.54, 1.807) is 7.11 Å². The van der Waals surface area contributed by atoms with Gasteiger partial charge >= 0.3 is 0 Å². The molecule has 0 saturated carbocycles. The van der Waals surface area contributed by atoms with Gasteiger partial charge in [-0.3, -0.25) is 4.68 Å². The summed E-state index contributed by atoms with van der Waals surface area (Å²) in [5.41, 5.74) is 2.98. The molecule has 260 valence electrons. The maximum atomic E-state index is 6.59. The zero-order chi connectivity index (χ0) is 35.0. The molecule has 6 nitrogen and oxygen atoms in total. The van der Waals surface area contributed by atoms with Gasteiger partial charge in [0.1, 0.15) is 28.9 Å². The van der Waals surface area contributed by atoms with Crippen LogP contribution in [0.25, 0.3) is 0 Å². The van der Waals surface area contributed by atoms with E-state index in [9.17, 15) is 0 Å². The number of methoxy groups -OCH3 is 1. The van der Waals surface area contributed by atoms with E-state index in [0.29, 0.717) is 19.8 Å². The second-order valence-corrected chi connectivity index (χ2v) is 17.2. The van der Waals surface area contributed by atoms with Gasteiger partial charge in [-0.15, -0.1) is 5.10 Å². The number of benzene rings is 5. The van der Waals surface area contributed by atoms with Gasteiger partial charge in [-0.1, -0.05) is 120 Å². The largest absolute Gasteiger partial charge is 0.375 e. The molecule has 6 aromatic rings. The quantitative estimate of drug-likeness (QED) is 0.110. The molecule has 0 aliphatic carbocycles. The van der Waals surface area contributed by atoms with Crippen LogP contribution in [-0.2, 0) is 32.8 Å². The van der Waals surface area contributed by atoms with Gasteiger partial charge in [0.25, 0.3) is 0 Å². The van der Waals surface area contributed by atoms with Crippen LogP contribution in [0, 0.1) is 5.92 Å². The summed E-state index contributed by atoms with van der Waals surface area (Å²) in [4.78, 5) is 0. The molecule has 0 radical (unpaired) electrons. The third-order valence-electron chi connectivity index (χ3n) is 10.6. The number of hydrogen-bond acceptors (Lipinski definition) is 5. The van der Waals surface area contributed by atoms with E-state index in [1.165, 1.54) is 27.0 Å². The fourth-order valence-electron chi connectivity index (χ4n) is 7.74. The topological polar surface area (TPSA) is 58.4 Å². The highest BCUT2D eigenvalue weighted by atomic mass is 31.2. The summed E-state index contributed by atoms with van der Waals surface area (Å²) < 4.78 is 21.0. The van der Waals surface area contributed by atoms with Gasteiger partial charge in [-0.2, -0.15) is 0 Å². The summed E-state index contributed by atoms with van der Waals surface area (Å²) in [6.45, 7) is 4.17. The summed E-state index contributed by atoms with van der Waals surface area (Å²) in [6.07, 6.45) is 4.84. The molecule has 0 N–H and O–H groups in total. The van der Waals surface area contributed by atoms with Crippen molar-refractivity contribution >= 4 is 23.2 Å². The highest BCUT2D eigenvalue weighted by Crippen LogP contribution is 2.55. The Morgan fingerprint density at radius 2 is 1.22 bits per heavy atom. The van der Waals surface area contributed by atoms with Crippen molar-refractivity contribution in [1.29, 1.82) is 0 Å². The van der Waals surface area contributed by atoms with Gasteiger partial charge in [0, 0.05) is 31.4 Å². The predicted molar refractivity (Wildman–Crippen MR) is 207 cm³/mol. The minimum atomic E-state index is -1.90. The Bertz CT molecular complexity index is 1810. The van der Waals surface area contributed by atoms with Crippen molar-refractivity contribution in [3.05, 3.63) is 175 Å². The number of hydrogen-bond donors (Lipinski definition) is 0. The molecular formula is C44H47N3O3P+. The van der Waals surface area contributed by atoms with Crippen molar-refractivity contribution in [2.24, 2.45) is 5.92 Å². The second-order valence-electron chi connectivity index (χ2n) is 13.6. The number of ether oxygens (including phenoxy) is 3. The van der Waals surface area contributed by atoms with Crippen LogP contribution in [0.15, 0.2) is 158 Å². The molecule has 1 saturated heterocycles. The Morgan fingerprint density at radius 3 is 1.71 bits per heavy atom. The molecule has 1 fully saturated rings. The number of aromatic nitrogens is 3. The smallest absolute Gasteiger partial charge is 0.170 e. The van der Waals surface area contributed by atoms with Gasteiger partial charge in [0.05, 0.1) is 32.2 Å². The van der Waals surface area contributed by atoms with E-state index in [4.69, 9.17) is 14.2 Å². The van der Waals surface area contributed by atoms with E-state index in [-0.39, 0.29) is 11.3 Å². The maximum absolute atomic E-state index is 6.59. The summed E-state index contributed by atoms with van der Waals surface area (Å²) in [5.74, 6) is -0.783. The first-order valence-corrected chi connectivity index (χ1v) is 19.8. The van der Waals surface area contributed by atoms with Crippen LogP contribution in [0.2, 0.25) is 0 Å². The van der Waals surface area contributed by atoms with Crippen molar-refractivity contribution in [1.82, 2.24) is 15.0 Å². The lowest BCUT2D eigenvalue weighted by Gasteiger charge is -2.49. The molecule has 1 aromatic heterocycles. The molecule has 2 heterocycles. The maximum Gasteiger partial charge on any atom is 0.170 e. The number of aryl methyl sites for hydroxylation is 1. The lowest BCUT2D eigenvalue weighted by molar-refractivity contribution is -0.280. The van der Waals surface area contributed by atoms with E-state index in [2.05, 4.69) is 162 Å². The van der Waals surface area contributed by atoms with Crippen molar-refractivity contribution < 1.29 is 14.2 Å². The Morgan fingerprint density at radius 1 is 0.725 bits per heavy atom. The van der Waals surface area contributed by atoms with Gasteiger partial charge in [0.2, 0.25) is 0 Å². The fraction of sp³-hybridized carbons (Fsp3) is 0.273. The summed E-state index contributed by atoms with van der Waals surface area (Å²) >= 11 is 0. The Balaban J connectivity index is 1.04. The third-order valence-corrected chi connectivity index (χ3v) is 15.2. The first-order valence-electron chi connectivity index (χ1n) is 17.9. The van der Waals surface area contributed by atoms with Gasteiger partial charge < -0.3 is 14.2 Å². The van der Waals surface area contributed by atoms with Gasteiger partial charge in [0.15, 0.2) is 5.79 Å². The monoisotopic (exact) mass is 696 g/mol. The number of nitrogens with zero attached hydrogens (tertiary/aromatic N) is 3. The average Bonchev–Trinajstić information content (AvgIpc) is 3.66. The van der Waals surface area contributed by atoms with E-state index in [0.717, 1.165) is 31.2 Å². The SMILES string of the molecule is CO[C@]1(C)OCC(c2ccccc2)(c2ccccc2)C[C@@H]1COCc1cn(CCC[P+](c2ccccc2)(c2ccccc2)c2ccccc2)nn1. The highest BCUT2D eigenvalue weighted by Gasteiger charge is 2.50. The molecular weight excluding hydrogens is 649 g/mol. The van der Waals surface area contributed by atoms with Gasteiger partial charge in [-0.25, -0.2) is 0 Å². The van der Waals surface area contributed by atoms with Crippen LogP contribution in [0.5, 0.6) is 0 Å². The second kappa shape index (κ2) is 15.8. The minimum absolute atomic E-state index is 0.0160. The van der Waals surface area contributed by atoms with Crippen molar-refractivity contribution in [3.8, 4) is 0 Å². The normalized spacial score (nSPS) is 18.7. The van der Waals surface area contributed by atoms with Crippen LogP contribution >= 0.6 is 7.26 Å². The highest BCUT2D eigenvalue weighted by molar-refractivity contribution is 7.95. The van der Waals surface area contributed by atoms with Crippen LogP contribution < -0.4 is 15.9 Å². The Labute approximate surface area is 302 Å². The van der Waals surface area contributed by atoms with E-state index >= 15 is 0 Å². The van der Waals surface area contributed by atoms with Crippen molar-refractivity contribution in [2.45, 2.75) is 44.1 Å². The minimum Gasteiger partial charge on any atom is -0.375 e. The summed E-state index contributed by atoms with van der Waals surface area (Å²) in [7, 11) is -0.175. The average molecular weight is 697 g/mol. The molecule has 7 rings (SSSR count). The van der Waals surface area contributed by atoms with E-state index < -0.39 is 13.0 Å². The first kappa shape index (κ1) is 35.0. The van der Waals surface area contributed by atoms with E-state index in [1.807, 2.05) is 17.8 Å². The van der Waals surface area contributed by atoms with Gasteiger partial charge in [-0.05, 0) is 60.9 Å². The number of rotatable bonds is 14. The molecule has 1 aliphatic rings. The zero-order valence-corrected chi connectivity index (χ0v) is 30.4. The van der Waals surface area contributed by atoms with Crippen molar-refractivity contribution in [3.63, 3.8) is 0 Å². The molecule has 51 heavy (non-hydrogen) atoms. The first-order chi connectivity index (χ1) is 25.1. The molecule has 1 aliphatic heterocycles. The molecule has 0 bridgehead atoms. The summed E-state index contributed by atoms with van der Waals surface area (Å²) in [5, 5.41) is 13.2. The lowest BCUT2D eigenvalue weighted by atomic mass is 9.66. The lowest BCUT2D eigenvalue weighted by Crippen LogP contribution is -2.54. The Hall–Kier alpha value is -4.45. The molecule has 0 amide bonds. The molecule has 7 heteroatoms.